The van der Waals surface area contributed by atoms with E-state index in [1.807, 2.05) is 0 Å². The van der Waals surface area contributed by atoms with Crippen molar-refractivity contribution in [2.75, 3.05) is 6.54 Å². The van der Waals surface area contributed by atoms with Gasteiger partial charge in [-0.3, -0.25) is 4.98 Å². The van der Waals surface area contributed by atoms with Gasteiger partial charge in [0.25, 0.3) is 0 Å². The van der Waals surface area contributed by atoms with Crippen molar-refractivity contribution < 1.29 is 0 Å². The molecule has 0 fully saturated rings. The molecule has 0 aliphatic carbocycles. The second-order valence-corrected chi connectivity index (χ2v) is 3.38. The van der Waals surface area contributed by atoms with Crippen molar-refractivity contribution in [3.63, 3.8) is 0 Å². The summed E-state index contributed by atoms with van der Waals surface area (Å²) in [5, 5.41) is 0.935. The van der Waals surface area contributed by atoms with E-state index in [4.69, 9.17) is 40.5 Å². The SMILES string of the molecule is NCC(=CCl)c1ncc(Cl)cc1Cl. The Kier molecular flexibility index (Phi) is 4.00. The predicted octanol–water partition coefficient (Wildman–Crippen LogP) is 2.93. The summed E-state index contributed by atoms with van der Waals surface area (Å²) in [6, 6.07) is 1.60. The van der Waals surface area contributed by atoms with Crippen LogP contribution >= 0.6 is 34.8 Å². The van der Waals surface area contributed by atoms with Crippen LogP contribution in [-0.2, 0) is 0 Å². The van der Waals surface area contributed by atoms with E-state index in [1.165, 1.54) is 11.7 Å². The molecule has 13 heavy (non-hydrogen) atoms. The summed E-state index contributed by atoms with van der Waals surface area (Å²) in [7, 11) is 0. The first-order valence-corrected chi connectivity index (χ1v) is 4.69. The second-order valence-electron chi connectivity index (χ2n) is 2.32. The average molecular weight is 238 g/mol. The van der Waals surface area contributed by atoms with Gasteiger partial charge >= 0.3 is 0 Å². The Bertz CT molecular complexity index is 336. The molecule has 2 N–H and O–H groups in total. The van der Waals surface area contributed by atoms with E-state index in [-0.39, 0.29) is 6.54 Å². The summed E-state index contributed by atoms with van der Waals surface area (Å²) >= 11 is 17.1. The first-order valence-electron chi connectivity index (χ1n) is 3.49. The van der Waals surface area contributed by atoms with Gasteiger partial charge in [-0.05, 0) is 6.07 Å². The summed E-state index contributed by atoms with van der Waals surface area (Å²) in [5.74, 6) is 0. The molecule has 0 aromatic carbocycles. The summed E-state index contributed by atoms with van der Waals surface area (Å²) in [4.78, 5) is 4.02. The van der Waals surface area contributed by atoms with Crippen LogP contribution in [-0.4, -0.2) is 11.5 Å². The van der Waals surface area contributed by atoms with E-state index in [1.54, 1.807) is 6.07 Å². The lowest BCUT2D eigenvalue weighted by Gasteiger charge is -2.04. The molecule has 0 atom stereocenters. The third-order valence-electron chi connectivity index (χ3n) is 1.46. The number of nitrogens with two attached hydrogens (primary N) is 1. The van der Waals surface area contributed by atoms with Crippen molar-refractivity contribution in [2.45, 2.75) is 0 Å². The highest BCUT2D eigenvalue weighted by Gasteiger charge is 2.06. The molecule has 0 amide bonds. The first kappa shape index (κ1) is 10.8. The molecule has 0 radical (unpaired) electrons. The lowest BCUT2D eigenvalue weighted by Crippen LogP contribution is -2.03. The standard InChI is InChI=1S/C8H7Cl3N2/c9-2-5(3-12)8-7(11)1-6(10)4-13-8/h1-2,4H,3,12H2. The van der Waals surface area contributed by atoms with Gasteiger partial charge in [0.15, 0.2) is 0 Å². The van der Waals surface area contributed by atoms with E-state index in [9.17, 15) is 0 Å². The number of hydrogen-bond acceptors (Lipinski definition) is 2. The van der Waals surface area contributed by atoms with Crippen LogP contribution in [0.25, 0.3) is 5.57 Å². The highest BCUT2D eigenvalue weighted by Crippen LogP contribution is 2.24. The van der Waals surface area contributed by atoms with Crippen molar-refractivity contribution in [3.05, 3.63) is 33.5 Å². The average Bonchev–Trinajstić information content (AvgIpc) is 2.10. The second kappa shape index (κ2) is 4.82. The summed E-state index contributed by atoms with van der Waals surface area (Å²) in [6.45, 7) is 0.290. The minimum Gasteiger partial charge on any atom is -0.326 e. The van der Waals surface area contributed by atoms with Crippen LogP contribution in [0.1, 0.15) is 5.69 Å². The molecule has 0 aliphatic heterocycles. The maximum absolute atomic E-state index is 5.88. The van der Waals surface area contributed by atoms with Crippen LogP contribution in [0.4, 0.5) is 0 Å². The van der Waals surface area contributed by atoms with Gasteiger partial charge < -0.3 is 5.73 Å². The summed E-state index contributed by atoms with van der Waals surface area (Å²) < 4.78 is 0. The largest absolute Gasteiger partial charge is 0.326 e. The quantitative estimate of drug-likeness (QED) is 0.859. The van der Waals surface area contributed by atoms with Gasteiger partial charge in [-0.25, -0.2) is 0 Å². The maximum atomic E-state index is 5.88. The third-order valence-corrected chi connectivity index (χ3v) is 2.22. The molecule has 0 aliphatic rings. The summed E-state index contributed by atoms with van der Waals surface area (Å²) in [6.07, 6.45) is 1.50. The topological polar surface area (TPSA) is 38.9 Å². The Hall–Kier alpha value is -0.280. The number of hydrogen-bond donors (Lipinski definition) is 1. The number of aromatic nitrogens is 1. The number of rotatable bonds is 2. The van der Waals surface area contributed by atoms with Gasteiger partial charge in [-0.1, -0.05) is 34.8 Å². The Morgan fingerprint density at radius 1 is 1.54 bits per heavy atom. The van der Waals surface area contributed by atoms with Crippen molar-refractivity contribution >= 4 is 40.4 Å². The van der Waals surface area contributed by atoms with Crippen LogP contribution in [0.3, 0.4) is 0 Å². The monoisotopic (exact) mass is 236 g/mol. The van der Waals surface area contributed by atoms with Crippen LogP contribution in [0.5, 0.6) is 0 Å². The van der Waals surface area contributed by atoms with Gasteiger partial charge in [-0.15, -0.1) is 0 Å². The number of halogens is 3. The zero-order valence-corrected chi connectivity index (χ0v) is 8.87. The Balaban J connectivity index is 3.15. The Labute approximate surface area is 91.3 Å². The van der Waals surface area contributed by atoms with Gasteiger partial charge in [0.1, 0.15) is 0 Å². The van der Waals surface area contributed by atoms with Crippen molar-refractivity contribution in [3.8, 4) is 0 Å². The molecule has 0 saturated heterocycles. The van der Waals surface area contributed by atoms with E-state index in [2.05, 4.69) is 4.98 Å². The van der Waals surface area contributed by atoms with E-state index >= 15 is 0 Å². The highest BCUT2D eigenvalue weighted by atomic mass is 35.5. The van der Waals surface area contributed by atoms with E-state index < -0.39 is 0 Å². The number of nitrogens with zero attached hydrogens (tertiary/aromatic N) is 1. The van der Waals surface area contributed by atoms with Crippen LogP contribution in [0.15, 0.2) is 17.8 Å². The molecule has 0 unspecified atom stereocenters. The van der Waals surface area contributed by atoms with Crippen molar-refractivity contribution in [1.29, 1.82) is 0 Å². The van der Waals surface area contributed by atoms with Gasteiger partial charge in [0.05, 0.1) is 15.7 Å². The normalized spacial score (nSPS) is 11.8. The highest BCUT2D eigenvalue weighted by molar-refractivity contribution is 6.36. The zero-order valence-electron chi connectivity index (χ0n) is 6.60. The molecular weight excluding hydrogens is 230 g/mol. The summed E-state index contributed by atoms with van der Waals surface area (Å²) in [5.41, 5.74) is 8.06. The molecule has 1 aromatic rings. The molecular formula is C8H7Cl3N2. The fourth-order valence-electron chi connectivity index (χ4n) is 0.844. The third kappa shape index (κ3) is 2.58. The molecule has 70 valence electrons. The van der Waals surface area contributed by atoms with Crippen LogP contribution in [0.2, 0.25) is 10.0 Å². The van der Waals surface area contributed by atoms with Crippen LogP contribution in [0, 0.1) is 0 Å². The molecule has 2 nitrogen and oxygen atoms in total. The molecule has 5 heteroatoms. The first-order chi connectivity index (χ1) is 6.19. The van der Waals surface area contributed by atoms with Gasteiger partial charge in [0, 0.05) is 23.8 Å². The van der Waals surface area contributed by atoms with E-state index in [0.29, 0.717) is 21.3 Å². The maximum Gasteiger partial charge on any atom is 0.0870 e. The fourth-order valence-corrected chi connectivity index (χ4v) is 1.54. The fraction of sp³-hybridized carbons (Fsp3) is 0.125. The Morgan fingerprint density at radius 3 is 2.69 bits per heavy atom. The zero-order chi connectivity index (χ0) is 9.84. The molecule has 1 aromatic heterocycles. The molecule has 0 bridgehead atoms. The smallest absolute Gasteiger partial charge is 0.0870 e. The number of pyridine rings is 1. The van der Waals surface area contributed by atoms with Crippen molar-refractivity contribution in [2.24, 2.45) is 5.73 Å². The lowest BCUT2D eigenvalue weighted by atomic mass is 10.2. The van der Waals surface area contributed by atoms with Gasteiger partial charge in [0.2, 0.25) is 0 Å². The predicted molar refractivity (Wildman–Crippen MR) is 57.1 cm³/mol. The van der Waals surface area contributed by atoms with Gasteiger partial charge in [-0.2, -0.15) is 0 Å². The molecule has 1 heterocycles. The lowest BCUT2D eigenvalue weighted by molar-refractivity contribution is 1.20. The Morgan fingerprint density at radius 2 is 2.23 bits per heavy atom. The molecule has 0 saturated carbocycles. The molecule has 1 rings (SSSR count). The minimum atomic E-state index is 0.290. The van der Waals surface area contributed by atoms with Crippen LogP contribution < -0.4 is 5.73 Å². The van der Waals surface area contributed by atoms with Crippen molar-refractivity contribution in [1.82, 2.24) is 4.98 Å². The minimum absolute atomic E-state index is 0.290. The molecule has 0 spiro atoms. The van der Waals surface area contributed by atoms with E-state index in [0.717, 1.165) is 0 Å².